The minimum absolute atomic E-state index is 0.0300. The van der Waals surface area contributed by atoms with Gasteiger partial charge in [-0.05, 0) is 100 Å². The van der Waals surface area contributed by atoms with E-state index < -0.39 is 39.5 Å². The molecule has 1 atom stereocenters. The number of sulfonamides is 1. The quantitative estimate of drug-likeness (QED) is 0.119. The Kier molecular flexibility index (Phi) is 10.2. The fourth-order valence-corrected chi connectivity index (χ4v) is 7.13. The van der Waals surface area contributed by atoms with Crippen LogP contribution >= 0.6 is 0 Å². The van der Waals surface area contributed by atoms with Gasteiger partial charge in [-0.2, -0.15) is 0 Å². The molecule has 1 aliphatic rings. The highest BCUT2D eigenvalue weighted by Gasteiger charge is 2.33. The van der Waals surface area contributed by atoms with Crippen LogP contribution in [-0.4, -0.2) is 54.1 Å². The van der Waals surface area contributed by atoms with Crippen molar-refractivity contribution < 1.29 is 27.9 Å². The summed E-state index contributed by atoms with van der Waals surface area (Å²) < 4.78 is 36.7. The maximum atomic E-state index is 13.4. The van der Waals surface area contributed by atoms with E-state index in [-0.39, 0.29) is 42.0 Å². The maximum Gasteiger partial charge on any atom is 0.326 e. The number of carboxylic acids is 1. The standard InChI is InChI=1S/C33H41N5O7S/c1-20-21(2)28(22(3)24-15-16-33(4,5)45-27(20)24)46(43,44)37-32(34)35-17-9-14-26(31(41)42)36-29(39)25-13-10-18-38(30(25)40)19-23-11-7-6-8-12-23/h6-8,10-13,18,26H,9,14-17,19H2,1-5H3,(H,36,39)(H,41,42)(H3,34,35,37)/t26-/m1/s1. The second kappa shape index (κ2) is 13.8. The van der Waals surface area contributed by atoms with Gasteiger partial charge in [0, 0.05) is 12.7 Å². The van der Waals surface area contributed by atoms with Gasteiger partial charge >= 0.3 is 5.97 Å². The highest BCUT2D eigenvalue weighted by atomic mass is 32.2. The van der Waals surface area contributed by atoms with E-state index in [9.17, 15) is 27.9 Å². The normalized spacial score (nSPS) is 14.4. The summed E-state index contributed by atoms with van der Waals surface area (Å²) in [6.07, 6.45) is 3.11. The number of ether oxygens (including phenoxy) is 1. The molecule has 5 N–H and O–H groups in total. The minimum Gasteiger partial charge on any atom is -0.487 e. The SMILES string of the molecule is Cc1c(C)c(S(=O)(=O)NC(=N)NCCC[C@@H](NC(=O)c2cccn(Cc3ccccc3)c2=O)C(=O)O)c(C)c2c1OC(C)(C)CC2. The number of rotatable bonds is 11. The molecular weight excluding hydrogens is 610 g/mol. The van der Waals surface area contributed by atoms with Crippen molar-refractivity contribution in [2.24, 2.45) is 0 Å². The Labute approximate surface area is 268 Å². The fraction of sp³-hybridized carbons (Fsp3) is 0.394. The molecule has 1 amide bonds. The molecule has 0 saturated carbocycles. The Hall–Kier alpha value is -4.65. The number of hydrogen-bond donors (Lipinski definition) is 5. The lowest BCUT2D eigenvalue weighted by molar-refractivity contribution is -0.139. The van der Waals surface area contributed by atoms with Crippen molar-refractivity contribution in [2.75, 3.05) is 6.54 Å². The van der Waals surface area contributed by atoms with Crippen molar-refractivity contribution in [3.8, 4) is 5.75 Å². The number of aliphatic carboxylic acids is 1. The van der Waals surface area contributed by atoms with Crippen LogP contribution in [0.25, 0.3) is 0 Å². The zero-order valence-electron chi connectivity index (χ0n) is 26.7. The van der Waals surface area contributed by atoms with Crippen molar-refractivity contribution in [3.63, 3.8) is 0 Å². The molecule has 13 heteroatoms. The van der Waals surface area contributed by atoms with Crippen molar-refractivity contribution in [3.05, 3.63) is 92.4 Å². The van der Waals surface area contributed by atoms with Crippen LogP contribution in [0, 0.1) is 26.2 Å². The molecule has 0 bridgehead atoms. The number of benzene rings is 2. The Bertz CT molecular complexity index is 1820. The Morgan fingerprint density at radius 1 is 1.07 bits per heavy atom. The number of carbonyl (C=O) groups is 2. The van der Waals surface area contributed by atoms with Crippen LogP contribution < -0.4 is 25.7 Å². The Morgan fingerprint density at radius 3 is 2.43 bits per heavy atom. The summed E-state index contributed by atoms with van der Waals surface area (Å²) in [5, 5.41) is 23.0. The third-order valence-electron chi connectivity index (χ3n) is 8.21. The lowest BCUT2D eigenvalue weighted by atomic mass is 9.88. The molecule has 0 unspecified atom stereocenters. The van der Waals surface area contributed by atoms with Gasteiger partial charge in [-0.25, -0.2) is 17.9 Å². The first-order valence-corrected chi connectivity index (χ1v) is 16.5. The Morgan fingerprint density at radius 2 is 1.76 bits per heavy atom. The number of carboxylic acid groups (broad SMARTS) is 1. The summed E-state index contributed by atoms with van der Waals surface area (Å²) in [5.74, 6) is -1.85. The molecule has 0 saturated heterocycles. The second-order valence-electron chi connectivity index (χ2n) is 12.1. The molecule has 0 spiro atoms. The second-order valence-corrected chi connectivity index (χ2v) is 13.7. The zero-order valence-corrected chi connectivity index (χ0v) is 27.5. The lowest BCUT2D eigenvalue weighted by Gasteiger charge is -2.35. The number of hydrogen-bond acceptors (Lipinski definition) is 7. The van der Waals surface area contributed by atoms with Gasteiger partial charge in [-0.15, -0.1) is 0 Å². The number of pyridine rings is 1. The van der Waals surface area contributed by atoms with Crippen molar-refractivity contribution in [1.82, 2.24) is 19.9 Å². The summed E-state index contributed by atoms with van der Waals surface area (Å²) in [7, 11) is -4.12. The topological polar surface area (TPSA) is 180 Å². The van der Waals surface area contributed by atoms with E-state index >= 15 is 0 Å². The van der Waals surface area contributed by atoms with Crippen LogP contribution in [0.15, 0.2) is 58.4 Å². The molecule has 2 aromatic carbocycles. The van der Waals surface area contributed by atoms with Gasteiger partial charge in [0.25, 0.3) is 21.5 Å². The molecule has 4 rings (SSSR count). The molecule has 1 aliphatic heterocycles. The number of nitrogens with zero attached hydrogens (tertiary/aromatic N) is 1. The van der Waals surface area contributed by atoms with Crippen molar-refractivity contribution >= 4 is 27.9 Å². The molecule has 0 aliphatic carbocycles. The number of carbonyl (C=O) groups excluding carboxylic acids is 1. The first-order chi connectivity index (χ1) is 21.6. The van der Waals surface area contributed by atoms with E-state index in [1.807, 2.05) is 51.1 Å². The third kappa shape index (κ3) is 7.76. The molecular formula is C33H41N5O7S. The largest absolute Gasteiger partial charge is 0.487 e. The Balaban J connectivity index is 1.35. The summed E-state index contributed by atoms with van der Waals surface area (Å²) >= 11 is 0. The molecule has 3 aromatic rings. The molecule has 246 valence electrons. The van der Waals surface area contributed by atoms with Gasteiger partial charge in [0.05, 0.1) is 11.4 Å². The molecule has 1 aromatic heterocycles. The third-order valence-corrected chi connectivity index (χ3v) is 9.83. The van der Waals surface area contributed by atoms with Crippen LogP contribution in [0.2, 0.25) is 0 Å². The van der Waals surface area contributed by atoms with Gasteiger partial charge in [0.15, 0.2) is 0 Å². The number of fused-ring (bicyclic) bond motifs is 1. The predicted octanol–water partition coefficient (Wildman–Crippen LogP) is 3.39. The van der Waals surface area contributed by atoms with Crippen LogP contribution in [-0.2, 0) is 27.8 Å². The van der Waals surface area contributed by atoms with Crippen LogP contribution in [0.3, 0.4) is 0 Å². The van der Waals surface area contributed by atoms with Gasteiger partial charge in [0.2, 0.25) is 5.96 Å². The van der Waals surface area contributed by atoms with E-state index in [0.717, 1.165) is 23.1 Å². The first-order valence-electron chi connectivity index (χ1n) is 15.0. The van der Waals surface area contributed by atoms with Crippen molar-refractivity contribution in [1.29, 1.82) is 5.41 Å². The van der Waals surface area contributed by atoms with E-state index in [1.165, 1.54) is 10.6 Å². The monoisotopic (exact) mass is 651 g/mol. The summed E-state index contributed by atoms with van der Waals surface area (Å²) in [4.78, 5) is 37.8. The smallest absolute Gasteiger partial charge is 0.326 e. The van der Waals surface area contributed by atoms with E-state index in [1.54, 1.807) is 26.1 Å². The lowest BCUT2D eigenvalue weighted by Crippen LogP contribution is -2.44. The maximum absolute atomic E-state index is 13.4. The van der Waals surface area contributed by atoms with Gasteiger partial charge < -0.3 is 25.0 Å². The number of aromatic nitrogens is 1. The summed E-state index contributed by atoms with van der Waals surface area (Å²) in [5.41, 5.74) is 2.49. The highest BCUT2D eigenvalue weighted by molar-refractivity contribution is 7.90. The predicted molar refractivity (Wildman–Crippen MR) is 174 cm³/mol. The molecule has 2 heterocycles. The zero-order chi connectivity index (χ0) is 33.8. The molecule has 0 fully saturated rings. The van der Waals surface area contributed by atoms with E-state index in [0.29, 0.717) is 23.3 Å². The number of amides is 1. The van der Waals surface area contributed by atoms with Gasteiger partial charge in [-0.3, -0.25) is 15.0 Å². The average Bonchev–Trinajstić information content (AvgIpc) is 2.98. The fourth-order valence-electron chi connectivity index (χ4n) is 5.60. The van der Waals surface area contributed by atoms with E-state index in [4.69, 9.17) is 10.1 Å². The minimum atomic E-state index is -4.12. The highest BCUT2D eigenvalue weighted by Crippen LogP contribution is 2.42. The van der Waals surface area contributed by atoms with Crippen LogP contribution in [0.4, 0.5) is 0 Å². The van der Waals surface area contributed by atoms with Crippen molar-refractivity contribution in [2.45, 2.75) is 83.4 Å². The van der Waals surface area contributed by atoms with E-state index in [2.05, 4.69) is 15.4 Å². The molecule has 46 heavy (non-hydrogen) atoms. The molecule has 0 radical (unpaired) electrons. The van der Waals surface area contributed by atoms with Gasteiger partial charge in [0.1, 0.15) is 23.0 Å². The number of nitrogens with one attached hydrogen (secondary N) is 4. The van der Waals surface area contributed by atoms with Crippen LogP contribution in [0.1, 0.15) is 71.3 Å². The van der Waals surface area contributed by atoms with Crippen LogP contribution in [0.5, 0.6) is 5.75 Å². The summed E-state index contributed by atoms with van der Waals surface area (Å²) in [6, 6.07) is 10.8. The average molecular weight is 652 g/mol. The molecule has 12 nitrogen and oxygen atoms in total. The number of guanidine groups is 1. The van der Waals surface area contributed by atoms with Gasteiger partial charge in [-0.1, -0.05) is 30.3 Å². The summed E-state index contributed by atoms with van der Waals surface area (Å²) in [6.45, 7) is 9.59. The first kappa shape index (κ1) is 34.2.